The Bertz CT molecular complexity index is 663. The van der Waals surface area contributed by atoms with Crippen molar-refractivity contribution in [3.8, 4) is 0 Å². The van der Waals surface area contributed by atoms with Gasteiger partial charge in [0.05, 0.1) is 0 Å². The van der Waals surface area contributed by atoms with Crippen molar-refractivity contribution >= 4 is 27.3 Å². The molecule has 4 N–H and O–H groups in total. The molecule has 2 rings (SSSR count). The second-order valence-corrected chi connectivity index (χ2v) is 9.93. The molecule has 0 spiro atoms. The van der Waals surface area contributed by atoms with E-state index >= 15 is 0 Å². The fourth-order valence-electron chi connectivity index (χ4n) is 3.47. The molecule has 154 valence electrons. The number of nitrogens with zero attached hydrogens (tertiary/aromatic N) is 1. The maximum atomic E-state index is 12.1. The highest BCUT2D eigenvalue weighted by Gasteiger charge is 2.31. The second-order valence-electron chi connectivity index (χ2n) is 6.99. The number of thiophene rings is 1. The molecule has 0 aromatic carbocycles. The summed E-state index contributed by atoms with van der Waals surface area (Å²) in [5, 5.41) is 17.6. The lowest BCUT2D eigenvalue weighted by atomic mass is 9.72. The molecular formula is C18H32N4O3S2. The first kappa shape index (κ1) is 22.1. The van der Waals surface area contributed by atoms with Crippen molar-refractivity contribution in [2.24, 2.45) is 10.4 Å². The van der Waals surface area contributed by atoms with E-state index in [1.165, 1.54) is 30.6 Å². The molecule has 7 nitrogen and oxygen atoms in total. The molecule has 27 heavy (non-hydrogen) atoms. The van der Waals surface area contributed by atoms with Crippen LogP contribution >= 0.6 is 11.3 Å². The van der Waals surface area contributed by atoms with Crippen molar-refractivity contribution in [3.63, 3.8) is 0 Å². The molecule has 0 radical (unpaired) electrons. The summed E-state index contributed by atoms with van der Waals surface area (Å²) in [4.78, 5) is 4.72. The fraction of sp³-hybridized carbons (Fsp3) is 0.722. The number of hydrogen-bond acceptors (Lipinski definition) is 5. The molecule has 1 aromatic rings. The third-order valence-electron chi connectivity index (χ3n) is 4.94. The zero-order valence-electron chi connectivity index (χ0n) is 16.0. The molecule has 0 amide bonds. The molecule has 9 heteroatoms. The quantitative estimate of drug-likeness (QED) is 0.265. The molecule has 1 heterocycles. The molecule has 1 aliphatic rings. The monoisotopic (exact) mass is 416 g/mol. The van der Waals surface area contributed by atoms with E-state index in [1.54, 1.807) is 17.5 Å². The summed E-state index contributed by atoms with van der Waals surface area (Å²) in [6.07, 6.45) is 6.66. The molecule has 1 aromatic heterocycles. The third-order valence-corrected chi connectivity index (χ3v) is 7.80. The van der Waals surface area contributed by atoms with E-state index in [4.69, 9.17) is 4.99 Å². The molecule has 1 saturated carbocycles. The Kier molecular flexibility index (Phi) is 9.01. The van der Waals surface area contributed by atoms with Crippen molar-refractivity contribution in [2.75, 3.05) is 32.8 Å². The maximum absolute atomic E-state index is 12.1. The Balaban J connectivity index is 1.86. The highest BCUT2D eigenvalue weighted by molar-refractivity contribution is 7.91. The van der Waals surface area contributed by atoms with Crippen LogP contribution in [0.5, 0.6) is 0 Å². The Morgan fingerprint density at radius 2 is 2.04 bits per heavy atom. The number of sulfonamides is 1. The van der Waals surface area contributed by atoms with E-state index in [1.807, 2.05) is 6.92 Å². The van der Waals surface area contributed by atoms with Crippen molar-refractivity contribution in [3.05, 3.63) is 17.5 Å². The Morgan fingerprint density at radius 1 is 1.26 bits per heavy atom. The largest absolute Gasteiger partial charge is 0.396 e. The van der Waals surface area contributed by atoms with Gasteiger partial charge in [0.25, 0.3) is 0 Å². The standard InChI is InChI=1S/C18H32N4O3S2/c1-2-19-17(21-15-18(10-13-23)8-4-3-5-9-18)20-11-12-22-27(24,25)16-7-6-14-26-16/h6-7,14,22-23H,2-5,8-13,15H2,1H3,(H2,19,20,21). The van der Waals surface area contributed by atoms with Gasteiger partial charge >= 0.3 is 0 Å². The van der Waals surface area contributed by atoms with Crippen LogP contribution in [0.15, 0.2) is 26.7 Å². The first-order valence-corrected chi connectivity index (χ1v) is 12.0. The van der Waals surface area contributed by atoms with Crippen molar-refractivity contribution < 1.29 is 13.5 Å². The van der Waals surface area contributed by atoms with E-state index < -0.39 is 10.0 Å². The van der Waals surface area contributed by atoms with Gasteiger partial charge in [-0.1, -0.05) is 25.3 Å². The van der Waals surface area contributed by atoms with Crippen LogP contribution in [0.4, 0.5) is 0 Å². The maximum Gasteiger partial charge on any atom is 0.250 e. The van der Waals surface area contributed by atoms with Crippen LogP contribution < -0.4 is 15.4 Å². The molecule has 0 atom stereocenters. The van der Waals surface area contributed by atoms with E-state index in [2.05, 4.69) is 15.4 Å². The van der Waals surface area contributed by atoms with Crippen LogP contribution in [0.25, 0.3) is 0 Å². The van der Waals surface area contributed by atoms with E-state index in [9.17, 15) is 13.5 Å². The van der Waals surface area contributed by atoms with Gasteiger partial charge in [-0.05, 0) is 43.0 Å². The predicted molar refractivity (Wildman–Crippen MR) is 111 cm³/mol. The minimum atomic E-state index is -3.43. The third kappa shape index (κ3) is 7.06. The van der Waals surface area contributed by atoms with E-state index in [0.717, 1.165) is 25.8 Å². The summed E-state index contributed by atoms with van der Waals surface area (Å²) in [6.45, 7) is 4.35. The zero-order chi connectivity index (χ0) is 19.6. The number of aliphatic imine (C=N–C) groups is 1. The number of guanidine groups is 1. The van der Waals surface area contributed by atoms with Crippen molar-refractivity contribution in [2.45, 2.75) is 49.7 Å². The first-order chi connectivity index (χ1) is 13.0. The van der Waals surface area contributed by atoms with Crippen LogP contribution in [0.3, 0.4) is 0 Å². The topological polar surface area (TPSA) is 103 Å². The minimum Gasteiger partial charge on any atom is -0.396 e. The summed E-state index contributed by atoms with van der Waals surface area (Å²) < 4.78 is 27.1. The van der Waals surface area contributed by atoms with E-state index in [0.29, 0.717) is 23.3 Å². The molecule has 0 saturated heterocycles. The smallest absolute Gasteiger partial charge is 0.250 e. The average Bonchev–Trinajstić information content (AvgIpc) is 3.20. The summed E-state index contributed by atoms with van der Waals surface area (Å²) in [6, 6.07) is 3.32. The van der Waals surface area contributed by atoms with Gasteiger partial charge in [0.15, 0.2) is 5.96 Å². The average molecular weight is 417 g/mol. The van der Waals surface area contributed by atoms with Crippen molar-refractivity contribution in [1.29, 1.82) is 0 Å². The summed E-state index contributed by atoms with van der Waals surface area (Å²) in [5.74, 6) is 0.690. The Morgan fingerprint density at radius 3 is 2.67 bits per heavy atom. The van der Waals surface area contributed by atoms with Gasteiger partial charge in [0.1, 0.15) is 4.21 Å². The number of rotatable bonds is 10. The number of nitrogens with one attached hydrogen (secondary N) is 3. The van der Waals surface area contributed by atoms with Gasteiger partial charge in [0.2, 0.25) is 10.0 Å². The highest BCUT2D eigenvalue weighted by Crippen LogP contribution is 2.39. The number of hydrogen-bond donors (Lipinski definition) is 4. The summed E-state index contributed by atoms with van der Waals surface area (Å²) in [5.41, 5.74) is 0.0934. The van der Waals surface area contributed by atoms with Gasteiger partial charge in [0, 0.05) is 32.8 Å². The number of aliphatic hydroxyl groups excluding tert-OH is 1. The fourth-order valence-corrected chi connectivity index (χ4v) is 5.54. The van der Waals surface area contributed by atoms with Crippen LogP contribution in [-0.2, 0) is 10.0 Å². The van der Waals surface area contributed by atoms with Crippen LogP contribution in [-0.4, -0.2) is 52.3 Å². The normalized spacial score (nSPS) is 17.6. The molecule has 0 bridgehead atoms. The second kappa shape index (κ2) is 11.0. The summed E-state index contributed by atoms with van der Waals surface area (Å²) >= 11 is 1.20. The highest BCUT2D eigenvalue weighted by atomic mass is 32.2. The number of aliphatic hydroxyl groups is 1. The Hall–Kier alpha value is -1.16. The van der Waals surface area contributed by atoms with Gasteiger partial charge < -0.3 is 15.7 Å². The van der Waals surface area contributed by atoms with Crippen LogP contribution in [0.1, 0.15) is 45.4 Å². The van der Waals surface area contributed by atoms with Gasteiger partial charge in [-0.15, -0.1) is 11.3 Å². The van der Waals surface area contributed by atoms with Crippen LogP contribution in [0.2, 0.25) is 0 Å². The lowest BCUT2D eigenvalue weighted by Crippen LogP contribution is -2.42. The van der Waals surface area contributed by atoms with Gasteiger partial charge in [-0.25, -0.2) is 13.1 Å². The molecule has 1 aliphatic carbocycles. The summed E-state index contributed by atoms with van der Waals surface area (Å²) in [7, 11) is -3.43. The molecular weight excluding hydrogens is 384 g/mol. The minimum absolute atomic E-state index is 0.0934. The predicted octanol–water partition coefficient (Wildman–Crippen LogP) is 1.91. The van der Waals surface area contributed by atoms with E-state index in [-0.39, 0.29) is 18.6 Å². The zero-order valence-corrected chi connectivity index (χ0v) is 17.7. The van der Waals surface area contributed by atoms with Crippen molar-refractivity contribution in [1.82, 2.24) is 15.4 Å². The molecule has 1 fully saturated rings. The lowest BCUT2D eigenvalue weighted by molar-refractivity contribution is 0.137. The van der Waals surface area contributed by atoms with Gasteiger partial charge in [-0.3, -0.25) is 4.99 Å². The molecule has 0 aliphatic heterocycles. The lowest BCUT2D eigenvalue weighted by Gasteiger charge is -2.35. The Labute approximate surface area is 166 Å². The van der Waals surface area contributed by atoms with Crippen LogP contribution in [0, 0.1) is 5.41 Å². The first-order valence-electron chi connectivity index (χ1n) is 9.67. The molecule has 0 unspecified atom stereocenters. The van der Waals surface area contributed by atoms with Gasteiger partial charge in [-0.2, -0.15) is 0 Å². The SMILES string of the molecule is CCNC(=NCC1(CCO)CCCCC1)NCCNS(=O)(=O)c1cccs1.